The van der Waals surface area contributed by atoms with Crippen molar-refractivity contribution in [2.45, 2.75) is 6.92 Å². The molecule has 0 radical (unpaired) electrons. The molecule has 0 saturated carbocycles. The van der Waals surface area contributed by atoms with E-state index in [1.807, 2.05) is 0 Å². The molecule has 1 amide bonds. The van der Waals surface area contributed by atoms with Crippen molar-refractivity contribution in [3.05, 3.63) is 41.5 Å². The van der Waals surface area contributed by atoms with E-state index >= 15 is 0 Å². The van der Waals surface area contributed by atoms with Crippen LogP contribution in [0.5, 0.6) is 5.75 Å². The molecule has 2 N–H and O–H groups in total. The summed E-state index contributed by atoms with van der Waals surface area (Å²) in [6.07, 6.45) is 1.36. The highest BCUT2D eigenvalue weighted by atomic mass is 19.1. The van der Waals surface area contributed by atoms with Crippen molar-refractivity contribution in [2.75, 3.05) is 5.32 Å². The molecule has 0 aliphatic rings. The van der Waals surface area contributed by atoms with Gasteiger partial charge in [-0.25, -0.2) is 4.39 Å². The predicted octanol–water partition coefficient (Wildman–Crippen LogP) is 2.08. The monoisotopic (exact) mass is 236 g/mol. The van der Waals surface area contributed by atoms with Gasteiger partial charge >= 0.3 is 6.01 Å². The maximum Gasteiger partial charge on any atom is 0.301 e. The SMILES string of the molecule is Cc1coc(NC(=O)c2ccc(O)cc2F)n1. The number of aryl methyl sites for hydroxylation is 1. The Morgan fingerprint density at radius 3 is 2.88 bits per heavy atom. The molecule has 0 unspecified atom stereocenters. The van der Waals surface area contributed by atoms with Crippen LogP contribution in [0.3, 0.4) is 0 Å². The van der Waals surface area contributed by atoms with Crippen molar-refractivity contribution < 1.29 is 18.7 Å². The molecule has 0 saturated heterocycles. The van der Waals surface area contributed by atoms with E-state index in [0.717, 1.165) is 6.07 Å². The lowest BCUT2D eigenvalue weighted by molar-refractivity contribution is 0.102. The summed E-state index contributed by atoms with van der Waals surface area (Å²) in [5.74, 6) is -1.75. The molecule has 0 spiro atoms. The lowest BCUT2D eigenvalue weighted by atomic mass is 10.2. The van der Waals surface area contributed by atoms with E-state index < -0.39 is 11.7 Å². The standard InChI is InChI=1S/C11H9FN2O3/c1-6-5-17-11(13-6)14-10(16)8-3-2-7(15)4-9(8)12/h2-5,15H,1H3,(H,13,14,16). The smallest absolute Gasteiger partial charge is 0.301 e. The molecule has 1 aromatic heterocycles. The first-order valence-corrected chi connectivity index (χ1v) is 4.78. The predicted molar refractivity (Wildman–Crippen MR) is 57.3 cm³/mol. The molecule has 2 aromatic rings. The van der Waals surface area contributed by atoms with E-state index in [2.05, 4.69) is 10.3 Å². The van der Waals surface area contributed by atoms with E-state index in [9.17, 15) is 9.18 Å². The number of nitrogens with one attached hydrogen (secondary N) is 1. The number of phenols is 1. The third-order valence-corrected chi connectivity index (χ3v) is 2.04. The van der Waals surface area contributed by atoms with Crippen LogP contribution in [0.25, 0.3) is 0 Å². The van der Waals surface area contributed by atoms with Gasteiger partial charge in [-0.3, -0.25) is 10.1 Å². The summed E-state index contributed by atoms with van der Waals surface area (Å²) in [4.78, 5) is 15.5. The van der Waals surface area contributed by atoms with Gasteiger partial charge in [0, 0.05) is 6.07 Å². The van der Waals surface area contributed by atoms with Gasteiger partial charge in [-0.1, -0.05) is 0 Å². The second kappa shape index (κ2) is 4.25. The third-order valence-electron chi connectivity index (χ3n) is 2.04. The van der Waals surface area contributed by atoms with E-state index in [1.54, 1.807) is 6.92 Å². The maximum absolute atomic E-state index is 13.3. The zero-order valence-electron chi connectivity index (χ0n) is 8.90. The second-order valence-electron chi connectivity index (χ2n) is 3.41. The van der Waals surface area contributed by atoms with Gasteiger partial charge in [0.1, 0.15) is 17.8 Å². The van der Waals surface area contributed by atoms with Crippen molar-refractivity contribution in [2.24, 2.45) is 0 Å². The number of carbonyl (C=O) groups is 1. The Morgan fingerprint density at radius 2 is 2.29 bits per heavy atom. The molecule has 0 fully saturated rings. The number of carbonyl (C=O) groups excluding carboxylic acids is 1. The first kappa shape index (κ1) is 11.1. The molecule has 0 aliphatic carbocycles. The van der Waals surface area contributed by atoms with Crippen molar-refractivity contribution in [3.63, 3.8) is 0 Å². The molecular weight excluding hydrogens is 227 g/mol. The van der Waals surface area contributed by atoms with E-state index in [1.165, 1.54) is 18.4 Å². The largest absolute Gasteiger partial charge is 0.508 e. The number of oxazole rings is 1. The molecule has 17 heavy (non-hydrogen) atoms. The molecule has 2 rings (SSSR count). The summed E-state index contributed by atoms with van der Waals surface area (Å²) in [6.45, 7) is 1.69. The minimum atomic E-state index is -0.814. The number of amides is 1. The fourth-order valence-corrected chi connectivity index (χ4v) is 1.26. The highest BCUT2D eigenvalue weighted by Crippen LogP contribution is 2.16. The Labute approximate surface area is 95.9 Å². The molecule has 0 atom stereocenters. The number of benzene rings is 1. The van der Waals surface area contributed by atoms with Crippen molar-refractivity contribution in [3.8, 4) is 5.75 Å². The number of rotatable bonds is 2. The Morgan fingerprint density at radius 1 is 1.53 bits per heavy atom. The number of phenolic OH excluding ortho intramolecular Hbond substituents is 1. The summed E-state index contributed by atoms with van der Waals surface area (Å²) in [5.41, 5.74) is 0.408. The number of aromatic nitrogens is 1. The minimum absolute atomic E-state index is 0.0000231. The summed E-state index contributed by atoms with van der Waals surface area (Å²) < 4.78 is 18.2. The highest BCUT2D eigenvalue weighted by molar-refractivity contribution is 6.03. The number of nitrogens with zero attached hydrogens (tertiary/aromatic N) is 1. The van der Waals surface area contributed by atoms with Gasteiger partial charge in [0.15, 0.2) is 0 Å². The Hall–Kier alpha value is -2.37. The van der Waals surface area contributed by atoms with Gasteiger partial charge in [0.05, 0.1) is 11.3 Å². The zero-order valence-corrected chi connectivity index (χ0v) is 8.90. The van der Waals surface area contributed by atoms with Crippen LogP contribution < -0.4 is 5.32 Å². The molecule has 6 heteroatoms. The number of halogens is 1. The van der Waals surface area contributed by atoms with Crippen LogP contribution in [0.15, 0.2) is 28.9 Å². The first-order chi connectivity index (χ1) is 8.06. The van der Waals surface area contributed by atoms with E-state index in [0.29, 0.717) is 5.69 Å². The number of hydrogen-bond donors (Lipinski definition) is 2. The van der Waals surface area contributed by atoms with Gasteiger partial charge in [-0.2, -0.15) is 4.98 Å². The normalized spacial score (nSPS) is 10.2. The lowest BCUT2D eigenvalue weighted by Crippen LogP contribution is -2.13. The molecule has 1 aromatic carbocycles. The summed E-state index contributed by atoms with van der Waals surface area (Å²) in [7, 11) is 0. The molecule has 1 heterocycles. The topological polar surface area (TPSA) is 75.4 Å². The minimum Gasteiger partial charge on any atom is -0.508 e. The first-order valence-electron chi connectivity index (χ1n) is 4.78. The van der Waals surface area contributed by atoms with Crippen molar-refractivity contribution in [1.82, 2.24) is 4.98 Å². The maximum atomic E-state index is 13.3. The summed E-state index contributed by atoms with van der Waals surface area (Å²) >= 11 is 0. The Balaban J connectivity index is 2.20. The van der Waals surface area contributed by atoms with Gasteiger partial charge in [-0.15, -0.1) is 0 Å². The molecule has 0 bridgehead atoms. The average Bonchev–Trinajstić information content (AvgIpc) is 2.63. The number of hydrogen-bond acceptors (Lipinski definition) is 4. The quantitative estimate of drug-likeness (QED) is 0.837. The molecular formula is C11H9FN2O3. The van der Waals surface area contributed by atoms with Crippen LogP contribution in [0, 0.1) is 12.7 Å². The Kier molecular flexibility index (Phi) is 2.78. The van der Waals surface area contributed by atoms with E-state index in [4.69, 9.17) is 9.52 Å². The fraction of sp³-hybridized carbons (Fsp3) is 0.0909. The summed E-state index contributed by atoms with van der Waals surface area (Å²) in [5, 5.41) is 11.3. The number of anilines is 1. The molecule has 5 nitrogen and oxygen atoms in total. The molecule has 0 aliphatic heterocycles. The fourth-order valence-electron chi connectivity index (χ4n) is 1.26. The number of aromatic hydroxyl groups is 1. The van der Waals surface area contributed by atoms with Crippen molar-refractivity contribution >= 4 is 11.9 Å². The zero-order chi connectivity index (χ0) is 12.4. The van der Waals surface area contributed by atoms with Crippen molar-refractivity contribution in [1.29, 1.82) is 0 Å². The highest BCUT2D eigenvalue weighted by Gasteiger charge is 2.14. The van der Waals surface area contributed by atoms with Crippen LogP contribution in [0.1, 0.15) is 16.1 Å². The van der Waals surface area contributed by atoms with Gasteiger partial charge in [0.25, 0.3) is 5.91 Å². The van der Waals surface area contributed by atoms with Gasteiger partial charge < -0.3 is 9.52 Å². The Bertz CT molecular complexity index is 566. The van der Waals surface area contributed by atoms with Crippen LogP contribution in [-0.2, 0) is 0 Å². The van der Waals surface area contributed by atoms with Gasteiger partial charge in [0.2, 0.25) is 0 Å². The van der Waals surface area contributed by atoms with Crippen LogP contribution in [0.2, 0.25) is 0 Å². The summed E-state index contributed by atoms with van der Waals surface area (Å²) in [6, 6.07) is 3.25. The van der Waals surface area contributed by atoms with E-state index in [-0.39, 0.29) is 17.3 Å². The second-order valence-corrected chi connectivity index (χ2v) is 3.41. The molecule has 88 valence electrons. The third kappa shape index (κ3) is 2.41. The van der Waals surface area contributed by atoms with Crippen LogP contribution in [-0.4, -0.2) is 16.0 Å². The lowest BCUT2D eigenvalue weighted by Gasteiger charge is -2.02. The average molecular weight is 236 g/mol. The van der Waals surface area contributed by atoms with Crippen LogP contribution in [0.4, 0.5) is 10.4 Å². The van der Waals surface area contributed by atoms with Crippen LogP contribution >= 0.6 is 0 Å². The van der Waals surface area contributed by atoms with Gasteiger partial charge in [-0.05, 0) is 19.1 Å².